The van der Waals surface area contributed by atoms with Crippen molar-refractivity contribution in [1.82, 2.24) is 9.88 Å². The molecule has 2 heterocycles. The van der Waals surface area contributed by atoms with Gasteiger partial charge in [-0.15, -0.1) is 0 Å². The van der Waals surface area contributed by atoms with E-state index >= 15 is 0 Å². The van der Waals surface area contributed by atoms with Crippen LogP contribution in [0.5, 0.6) is 0 Å². The van der Waals surface area contributed by atoms with E-state index in [4.69, 9.17) is 9.15 Å². The maximum absolute atomic E-state index is 5.84. The number of ether oxygens (including phenoxy) is 1. The molecule has 0 saturated carbocycles. The van der Waals surface area contributed by atoms with E-state index in [0.29, 0.717) is 6.04 Å². The van der Waals surface area contributed by atoms with Crippen molar-refractivity contribution in [3.8, 4) is 0 Å². The molecular formula is C15H21N3O2. The van der Waals surface area contributed by atoms with Gasteiger partial charge in [-0.1, -0.05) is 12.1 Å². The minimum Gasteiger partial charge on any atom is -0.423 e. The molecule has 0 radical (unpaired) electrons. The fourth-order valence-corrected chi connectivity index (χ4v) is 2.71. The number of hydrogen-bond donors (Lipinski definition) is 0. The predicted octanol–water partition coefficient (Wildman–Crippen LogP) is 1.98. The Labute approximate surface area is 119 Å². The Bertz CT molecular complexity index is 536. The van der Waals surface area contributed by atoms with Crippen molar-refractivity contribution in [3.05, 3.63) is 24.3 Å². The van der Waals surface area contributed by atoms with Gasteiger partial charge in [0, 0.05) is 39.3 Å². The molecule has 5 heteroatoms. The minimum atomic E-state index is 0.480. The smallest absolute Gasteiger partial charge is 0.298 e. The quantitative estimate of drug-likeness (QED) is 0.853. The highest BCUT2D eigenvalue weighted by atomic mass is 16.5. The monoisotopic (exact) mass is 275 g/mol. The van der Waals surface area contributed by atoms with E-state index in [9.17, 15) is 0 Å². The first-order valence-electron chi connectivity index (χ1n) is 7.11. The molecule has 1 aromatic carbocycles. The van der Waals surface area contributed by atoms with E-state index in [-0.39, 0.29) is 0 Å². The highest BCUT2D eigenvalue weighted by Crippen LogP contribution is 2.23. The lowest BCUT2D eigenvalue weighted by atomic mass is 10.2. The Kier molecular flexibility index (Phi) is 3.89. The average molecular weight is 275 g/mol. The third-order valence-corrected chi connectivity index (χ3v) is 3.90. The Balaban J connectivity index is 1.70. The van der Waals surface area contributed by atoms with Crippen LogP contribution in [0.1, 0.15) is 6.92 Å². The topological polar surface area (TPSA) is 41.7 Å². The van der Waals surface area contributed by atoms with Gasteiger partial charge in [-0.05, 0) is 19.1 Å². The molecule has 3 rings (SSSR count). The average Bonchev–Trinajstić information content (AvgIpc) is 2.90. The van der Waals surface area contributed by atoms with Crippen LogP contribution in [0.15, 0.2) is 28.7 Å². The maximum atomic E-state index is 5.84. The summed E-state index contributed by atoms with van der Waals surface area (Å²) in [5.74, 6) is 0. The van der Waals surface area contributed by atoms with Gasteiger partial charge in [0.25, 0.3) is 6.01 Å². The van der Waals surface area contributed by atoms with Crippen LogP contribution in [0.25, 0.3) is 11.1 Å². The molecule has 20 heavy (non-hydrogen) atoms. The van der Waals surface area contributed by atoms with Gasteiger partial charge in [-0.3, -0.25) is 4.90 Å². The highest BCUT2D eigenvalue weighted by Gasteiger charge is 2.26. The minimum absolute atomic E-state index is 0.480. The van der Waals surface area contributed by atoms with E-state index in [1.807, 2.05) is 24.3 Å². The molecule has 2 aromatic rings. The zero-order chi connectivity index (χ0) is 13.9. The van der Waals surface area contributed by atoms with E-state index < -0.39 is 0 Å². The molecule has 1 fully saturated rings. The van der Waals surface area contributed by atoms with Gasteiger partial charge in [-0.2, -0.15) is 4.98 Å². The van der Waals surface area contributed by atoms with E-state index in [2.05, 4.69) is 21.7 Å². The number of oxazole rings is 1. The van der Waals surface area contributed by atoms with Crippen LogP contribution in [0.2, 0.25) is 0 Å². The first-order chi connectivity index (χ1) is 9.78. The van der Waals surface area contributed by atoms with Crippen LogP contribution < -0.4 is 4.90 Å². The number of nitrogens with zero attached hydrogens (tertiary/aromatic N) is 3. The lowest BCUT2D eigenvalue weighted by molar-refractivity contribution is 0.116. The number of aromatic nitrogens is 1. The number of hydrogen-bond acceptors (Lipinski definition) is 5. The zero-order valence-corrected chi connectivity index (χ0v) is 12.1. The second kappa shape index (κ2) is 5.81. The second-order valence-corrected chi connectivity index (χ2v) is 5.29. The number of benzene rings is 1. The van der Waals surface area contributed by atoms with Crippen LogP contribution in [0, 0.1) is 0 Å². The number of rotatable bonds is 4. The summed E-state index contributed by atoms with van der Waals surface area (Å²) in [4.78, 5) is 9.25. The number of fused-ring (bicyclic) bond motifs is 1. The number of anilines is 1. The molecule has 1 aliphatic heterocycles. The molecule has 5 nitrogen and oxygen atoms in total. The molecule has 0 bridgehead atoms. The summed E-state index contributed by atoms with van der Waals surface area (Å²) in [7, 11) is 1.75. The Morgan fingerprint density at radius 3 is 2.95 bits per heavy atom. The zero-order valence-electron chi connectivity index (χ0n) is 12.1. The fraction of sp³-hybridized carbons (Fsp3) is 0.533. The second-order valence-electron chi connectivity index (χ2n) is 5.29. The van der Waals surface area contributed by atoms with Crippen LogP contribution in [0.3, 0.4) is 0 Å². The Morgan fingerprint density at radius 1 is 1.35 bits per heavy atom. The molecule has 1 atom stereocenters. The summed E-state index contributed by atoms with van der Waals surface area (Å²) in [6, 6.07) is 9.13. The summed E-state index contributed by atoms with van der Waals surface area (Å²) in [5, 5.41) is 0. The fourth-order valence-electron chi connectivity index (χ4n) is 2.71. The van der Waals surface area contributed by atoms with Gasteiger partial charge >= 0.3 is 0 Å². The lowest BCUT2D eigenvalue weighted by Crippen LogP contribution is -2.52. The SMILES string of the molecule is COCCN1CCN(c2nc3ccccc3o2)C[C@@H]1C. The summed E-state index contributed by atoms with van der Waals surface area (Å²) in [6.07, 6.45) is 0. The van der Waals surface area contributed by atoms with E-state index in [1.165, 1.54) is 0 Å². The highest BCUT2D eigenvalue weighted by molar-refractivity contribution is 5.74. The molecule has 0 aliphatic carbocycles. The van der Waals surface area contributed by atoms with Gasteiger partial charge in [0.05, 0.1) is 6.61 Å². The van der Waals surface area contributed by atoms with Gasteiger partial charge in [0.2, 0.25) is 0 Å². The molecule has 1 aromatic heterocycles. The van der Waals surface area contributed by atoms with Crippen LogP contribution in [-0.4, -0.2) is 55.8 Å². The van der Waals surface area contributed by atoms with Crippen LogP contribution in [-0.2, 0) is 4.74 Å². The largest absolute Gasteiger partial charge is 0.423 e. The van der Waals surface area contributed by atoms with Crippen LogP contribution >= 0.6 is 0 Å². The van der Waals surface area contributed by atoms with Gasteiger partial charge in [-0.25, -0.2) is 0 Å². The maximum Gasteiger partial charge on any atom is 0.298 e. The van der Waals surface area contributed by atoms with Crippen molar-refractivity contribution in [2.75, 3.05) is 44.8 Å². The summed E-state index contributed by atoms with van der Waals surface area (Å²) >= 11 is 0. The summed E-state index contributed by atoms with van der Waals surface area (Å²) < 4.78 is 11.0. The van der Waals surface area contributed by atoms with Crippen molar-refractivity contribution >= 4 is 17.1 Å². The molecule has 0 N–H and O–H groups in total. The molecule has 0 unspecified atom stereocenters. The van der Waals surface area contributed by atoms with Crippen LogP contribution in [0.4, 0.5) is 6.01 Å². The number of piperazine rings is 1. The molecule has 0 amide bonds. The van der Waals surface area contributed by atoms with Crippen molar-refractivity contribution in [1.29, 1.82) is 0 Å². The standard InChI is InChI=1S/C15H21N3O2/c1-12-11-18(8-7-17(12)9-10-19-2)15-16-13-5-3-4-6-14(13)20-15/h3-6,12H,7-11H2,1-2H3/t12-/m0/s1. The first-order valence-corrected chi connectivity index (χ1v) is 7.11. The summed E-state index contributed by atoms with van der Waals surface area (Å²) in [5.41, 5.74) is 1.79. The van der Waals surface area contributed by atoms with Crippen molar-refractivity contribution < 1.29 is 9.15 Å². The van der Waals surface area contributed by atoms with E-state index in [0.717, 1.165) is 49.9 Å². The number of methoxy groups -OCH3 is 1. The van der Waals surface area contributed by atoms with Gasteiger partial charge < -0.3 is 14.1 Å². The summed E-state index contributed by atoms with van der Waals surface area (Å²) in [6.45, 7) is 6.91. The molecule has 1 aliphatic rings. The lowest BCUT2D eigenvalue weighted by Gasteiger charge is -2.39. The van der Waals surface area contributed by atoms with Crippen molar-refractivity contribution in [2.24, 2.45) is 0 Å². The molecular weight excluding hydrogens is 254 g/mol. The Hall–Kier alpha value is -1.59. The molecule has 108 valence electrons. The number of para-hydroxylation sites is 2. The first kappa shape index (κ1) is 13.4. The van der Waals surface area contributed by atoms with E-state index in [1.54, 1.807) is 7.11 Å². The van der Waals surface area contributed by atoms with Crippen molar-refractivity contribution in [2.45, 2.75) is 13.0 Å². The Morgan fingerprint density at radius 2 is 2.20 bits per heavy atom. The normalized spacial score (nSPS) is 20.7. The van der Waals surface area contributed by atoms with Crippen molar-refractivity contribution in [3.63, 3.8) is 0 Å². The molecule has 1 saturated heterocycles. The van der Waals surface area contributed by atoms with Gasteiger partial charge in [0.15, 0.2) is 5.58 Å². The predicted molar refractivity (Wildman–Crippen MR) is 79.1 cm³/mol. The third-order valence-electron chi connectivity index (χ3n) is 3.90. The third kappa shape index (κ3) is 2.64. The molecule has 0 spiro atoms. The van der Waals surface area contributed by atoms with Gasteiger partial charge in [0.1, 0.15) is 5.52 Å².